The molecule has 70 valence electrons. The molecule has 0 aromatic carbocycles. The van der Waals surface area contributed by atoms with Crippen LogP contribution < -0.4 is 5.32 Å². The highest BCUT2D eigenvalue weighted by atomic mass is 16.2. The van der Waals surface area contributed by atoms with Crippen LogP contribution in [0.2, 0.25) is 0 Å². The van der Waals surface area contributed by atoms with Crippen molar-refractivity contribution in [1.82, 2.24) is 20.3 Å². The second-order valence-corrected chi connectivity index (χ2v) is 3.37. The van der Waals surface area contributed by atoms with Gasteiger partial charge in [0.15, 0.2) is 0 Å². The highest BCUT2D eigenvalue weighted by molar-refractivity contribution is 5.76. The number of hydrogen-bond donors (Lipinski definition) is 1. The van der Waals surface area contributed by atoms with E-state index < -0.39 is 0 Å². The first kappa shape index (κ1) is 8.22. The van der Waals surface area contributed by atoms with Crippen LogP contribution in [-0.4, -0.2) is 26.9 Å². The number of hydrogen-bond acceptors (Lipinski definition) is 3. The standard InChI is InChI=1S/C8H12N4O/c1-6-4-9-11-12(6)5-8(13)10-7-2-3-7/h4,7H,2-3,5H2,1H3,(H,10,13). The van der Waals surface area contributed by atoms with Crippen LogP contribution in [0.1, 0.15) is 18.5 Å². The number of nitrogens with one attached hydrogen (secondary N) is 1. The van der Waals surface area contributed by atoms with Gasteiger partial charge in [0, 0.05) is 6.04 Å². The first-order valence-electron chi connectivity index (χ1n) is 4.40. The van der Waals surface area contributed by atoms with Crippen LogP contribution >= 0.6 is 0 Å². The summed E-state index contributed by atoms with van der Waals surface area (Å²) in [5.41, 5.74) is 0.908. The van der Waals surface area contributed by atoms with Gasteiger partial charge in [0.25, 0.3) is 0 Å². The van der Waals surface area contributed by atoms with E-state index >= 15 is 0 Å². The zero-order valence-electron chi connectivity index (χ0n) is 7.53. The first-order valence-corrected chi connectivity index (χ1v) is 4.40. The lowest BCUT2D eigenvalue weighted by atomic mass is 10.5. The van der Waals surface area contributed by atoms with Crippen molar-refractivity contribution in [2.75, 3.05) is 0 Å². The molecule has 0 spiro atoms. The number of carbonyl (C=O) groups excluding carboxylic acids is 1. The van der Waals surface area contributed by atoms with Gasteiger partial charge in [0.1, 0.15) is 6.54 Å². The average Bonchev–Trinajstić information content (AvgIpc) is 2.79. The number of amides is 1. The van der Waals surface area contributed by atoms with Gasteiger partial charge < -0.3 is 5.32 Å². The maximum Gasteiger partial charge on any atom is 0.242 e. The average molecular weight is 180 g/mol. The Morgan fingerprint density at radius 2 is 2.54 bits per heavy atom. The summed E-state index contributed by atoms with van der Waals surface area (Å²) in [4.78, 5) is 11.3. The van der Waals surface area contributed by atoms with Gasteiger partial charge in [0.05, 0.1) is 11.9 Å². The Morgan fingerprint density at radius 1 is 1.77 bits per heavy atom. The molecule has 13 heavy (non-hydrogen) atoms. The van der Waals surface area contributed by atoms with Crippen molar-refractivity contribution in [3.05, 3.63) is 11.9 Å². The van der Waals surface area contributed by atoms with Crippen LogP contribution in [-0.2, 0) is 11.3 Å². The summed E-state index contributed by atoms with van der Waals surface area (Å²) in [6.45, 7) is 2.16. The highest BCUT2D eigenvalue weighted by Crippen LogP contribution is 2.18. The quantitative estimate of drug-likeness (QED) is 0.704. The van der Waals surface area contributed by atoms with Crippen LogP contribution in [0, 0.1) is 6.92 Å². The van der Waals surface area contributed by atoms with Crippen molar-refractivity contribution in [2.24, 2.45) is 0 Å². The molecule has 1 N–H and O–H groups in total. The SMILES string of the molecule is Cc1cnnn1CC(=O)NC1CC1. The number of rotatable bonds is 3. The molecular formula is C8H12N4O. The van der Waals surface area contributed by atoms with Crippen molar-refractivity contribution in [3.8, 4) is 0 Å². The highest BCUT2D eigenvalue weighted by Gasteiger charge is 2.23. The Labute approximate surface area is 76.1 Å². The van der Waals surface area contributed by atoms with E-state index in [0.29, 0.717) is 6.04 Å². The maximum atomic E-state index is 11.3. The fourth-order valence-corrected chi connectivity index (χ4v) is 1.10. The molecule has 5 heteroatoms. The normalized spacial score (nSPS) is 15.8. The van der Waals surface area contributed by atoms with E-state index in [1.54, 1.807) is 10.9 Å². The van der Waals surface area contributed by atoms with Crippen molar-refractivity contribution in [3.63, 3.8) is 0 Å². The summed E-state index contributed by atoms with van der Waals surface area (Å²) in [5, 5.41) is 10.4. The fraction of sp³-hybridized carbons (Fsp3) is 0.625. The van der Waals surface area contributed by atoms with Gasteiger partial charge in [-0.3, -0.25) is 4.79 Å². The molecule has 0 bridgehead atoms. The van der Waals surface area contributed by atoms with Crippen molar-refractivity contribution < 1.29 is 4.79 Å². The third kappa shape index (κ3) is 2.05. The smallest absolute Gasteiger partial charge is 0.242 e. The van der Waals surface area contributed by atoms with Crippen molar-refractivity contribution >= 4 is 5.91 Å². The van der Waals surface area contributed by atoms with Crippen molar-refractivity contribution in [1.29, 1.82) is 0 Å². The molecule has 0 unspecified atom stereocenters. The summed E-state index contributed by atoms with van der Waals surface area (Å²) in [5.74, 6) is 0.0242. The Hall–Kier alpha value is -1.39. The molecule has 2 rings (SSSR count). The number of aryl methyl sites for hydroxylation is 1. The predicted molar refractivity (Wildman–Crippen MR) is 45.9 cm³/mol. The number of carbonyl (C=O) groups is 1. The molecule has 1 saturated carbocycles. The number of aromatic nitrogens is 3. The second kappa shape index (κ2) is 3.16. The molecule has 1 aliphatic rings. The van der Waals surface area contributed by atoms with Gasteiger partial charge in [0.2, 0.25) is 5.91 Å². The molecule has 1 aromatic heterocycles. The zero-order chi connectivity index (χ0) is 9.26. The third-order valence-electron chi connectivity index (χ3n) is 2.05. The molecule has 1 amide bonds. The summed E-state index contributed by atoms with van der Waals surface area (Å²) in [7, 11) is 0. The van der Waals surface area contributed by atoms with Crippen LogP contribution in [0.5, 0.6) is 0 Å². The molecule has 0 radical (unpaired) electrons. The predicted octanol–water partition coefficient (Wildman–Crippen LogP) is -0.135. The van der Waals surface area contributed by atoms with E-state index in [4.69, 9.17) is 0 Å². The second-order valence-electron chi connectivity index (χ2n) is 3.37. The van der Waals surface area contributed by atoms with Gasteiger partial charge >= 0.3 is 0 Å². The zero-order valence-corrected chi connectivity index (χ0v) is 7.53. The molecule has 1 heterocycles. The third-order valence-corrected chi connectivity index (χ3v) is 2.05. The van der Waals surface area contributed by atoms with Gasteiger partial charge in [-0.1, -0.05) is 5.21 Å². The van der Waals surface area contributed by atoms with E-state index in [-0.39, 0.29) is 12.5 Å². The lowest BCUT2D eigenvalue weighted by Gasteiger charge is -2.03. The van der Waals surface area contributed by atoms with E-state index in [1.807, 2.05) is 6.92 Å². The summed E-state index contributed by atoms with van der Waals surface area (Å²) in [6.07, 6.45) is 3.87. The van der Waals surface area contributed by atoms with E-state index in [2.05, 4.69) is 15.6 Å². The Kier molecular flexibility index (Phi) is 2.00. The van der Waals surface area contributed by atoms with Crippen molar-refractivity contribution in [2.45, 2.75) is 32.4 Å². The van der Waals surface area contributed by atoms with Gasteiger partial charge in [-0.05, 0) is 19.8 Å². The van der Waals surface area contributed by atoms with E-state index in [0.717, 1.165) is 18.5 Å². The van der Waals surface area contributed by atoms with E-state index in [1.165, 1.54) is 0 Å². The summed E-state index contributed by atoms with van der Waals surface area (Å²) >= 11 is 0. The minimum Gasteiger partial charge on any atom is -0.352 e. The molecule has 1 fully saturated rings. The van der Waals surface area contributed by atoms with Crippen LogP contribution in [0.15, 0.2) is 6.20 Å². The molecule has 0 saturated heterocycles. The molecule has 1 aromatic rings. The maximum absolute atomic E-state index is 11.3. The minimum atomic E-state index is 0.0242. The lowest BCUT2D eigenvalue weighted by Crippen LogP contribution is -2.30. The van der Waals surface area contributed by atoms with Crippen LogP contribution in [0.4, 0.5) is 0 Å². The van der Waals surface area contributed by atoms with Gasteiger partial charge in [-0.25, -0.2) is 4.68 Å². The number of nitrogens with zero attached hydrogens (tertiary/aromatic N) is 3. The monoisotopic (exact) mass is 180 g/mol. The molecule has 0 aliphatic heterocycles. The largest absolute Gasteiger partial charge is 0.352 e. The lowest BCUT2D eigenvalue weighted by molar-refractivity contribution is -0.122. The Balaban J connectivity index is 1.89. The summed E-state index contributed by atoms with van der Waals surface area (Å²) in [6, 6.07) is 0.413. The first-order chi connectivity index (χ1) is 6.25. The molecule has 5 nitrogen and oxygen atoms in total. The fourth-order valence-electron chi connectivity index (χ4n) is 1.10. The van der Waals surface area contributed by atoms with Crippen LogP contribution in [0.25, 0.3) is 0 Å². The summed E-state index contributed by atoms with van der Waals surface area (Å²) < 4.78 is 1.59. The van der Waals surface area contributed by atoms with Gasteiger partial charge in [-0.15, -0.1) is 5.10 Å². The Bertz CT molecular complexity index is 316. The van der Waals surface area contributed by atoms with Crippen LogP contribution in [0.3, 0.4) is 0 Å². The van der Waals surface area contributed by atoms with Gasteiger partial charge in [-0.2, -0.15) is 0 Å². The Morgan fingerprint density at radius 3 is 3.08 bits per heavy atom. The topological polar surface area (TPSA) is 59.8 Å². The molecule has 0 atom stereocenters. The minimum absolute atomic E-state index is 0.0242. The molecule has 1 aliphatic carbocycles. The van der Waals surface area contributed by atoms with E-state index in [9.17, 15) is 4.79 Å². The molecular weight excluding hydrogens is 168 g/mol.